The summed E-state index contributed by atoms with van der Waals surface area (Å²) in [5.41, 5.74) is 6.29. The predicted octanol–water partition coefficient (Wildman–Crippen LogP) is 2.71. The van der Waals surface area contributed by atoms with Crippen LogP contribution in [-0.2, 0) is 4.79 Å². The number of thiocarbonyl (C=S) groups is 1. The van der Waals surface area contributed by atoms with Crippen LogP contribution in [0.1, 0.15) is 38.3 Å². The molecule has 0 fully saturated rings. The Morgan fingerprint density at radius 3 is 2.74 bits per heavy atom. The SMILES string of the molecule is CCCC(C(=O)NC(C)c1cccc(F)c1)C(N)=S. The fourth-order valence-corrected chi connectivity index (χ4v) is 2.09. The lowest BCUT2D eigenvalue weighted by atomic mass is 10.0. The summed E-state index contributed by atoms with van der Waals surface area (Å²) in [5.74, 6) is -0.986. The number of nitrogens with two attached hydrogens (primary N) is 1. The molecule has 3 nitrogen and oxygen atoms in total. The third-order valence-corrected chi connectivity index (χ3v) is 3.23. The van der Waals surface area contributed by atoms with Gasteiger partial charge in [-0.25, -0.2) is 4.39 Å². The summed E-state index contributed by atoms with van der Waals surface area (Å²) in [5, 5.41) is 2.82. The minimum Gasteiger partial charge on any atom is -0.393 e. The Balaban J connectivity index is 2.72. The molecule has 0 bridgehead atoms. The number of hydrogen-bond acceptors (Lipinski definition) is 2. The molecule has 5 heteroatoms. The van der Waals surface area contributed by atoms with Crippen LogP contribution in [-0.4, -0.2) is 10.9 Å². The van der Waals surface area contributed by atoms with Crippen LogP contribution in [0.5, 0.6) is 0 Å². The summed E-state index contributed by atoms with van der Waals surface area (Å²) in [7, 11) is 0. The normalized spacial score (nSPS) is 13.6. The zero-order valence-corrected chi connectivity index (χ0v) is 12.0. The van der Waals surface area contributed by atoms with E-state index in [1.165, 1.54) is 12.1 Å². The van der Waals surface area contributed by atoms with E-state index < -0.39 is 5.92 Å². The van der Waals surface area contributed by atoms with Crippen molar-refractivity contribution in [3.8, 4) is 0 Å². The Bertz CT molecular complexity index is 465. The molecule has 2 atom stereocenters. The summed E-state index contributed by atoms with van der Waals surface area (Å²) in [6.07, 6.45) is 1.45. The molecule has 0 heterocycles. The molecule has 1 aromatic rings. The van der Waals surface area contributed by atoms with Gasteiger partial charge in [0.25, 0.3) is 0 Å². The Kier molecular flexibility index (Phi) is 5.89. The molecule has 0 spiro atoms. The molecule has 0 aliphatic carbocycles. The number of benzene rings is 1. The van der Waals surface area contributed by atoms with Gasteiger partial charge in [-0.1, -0.05) is 37.7 Å². The van der Waals surface area contributed by atoms with Crippen molar-refractivity contribution in [3.63, 3.8) is 0 Å². The average molecular weight is 282 g/mol. The molecular weight excluding hydrogens is 263 g/mol. The van der Waals surface area contributed by atoms with Crippen LogP contribution in [0, 0.1) is 11.7 Å². The van der Waals surface area contributed by atoms with Crippen molar-refractivity contribution in [2.45, 2.75) is 32.7 Å². The number of hydrogen-bond donors (Lipinski definition) is 2. The lowest BCUT2D eigenvalue weighted by Gasteiger charge is -2.19. The second-order valence-corrected chi connectivity index (χ2v) is 5.00. The minimum absolute atomic E-state index is 0.200. The second-order valence-electron chi connectivity index (χ2n) is 4.53. The van der Waals surface area contributed by atoms with Gasteiger partial charge in [-0.05, 0) is 31.0 Å². The highest BCUT2D eigenvalue weighted by Crippen LogP contribution is 2.15. The van der Waals surface area contributed by atoms with E-state index >= 15 is 0 Å². The van der Waals surface area contributed by atoms with Crippen molar-refractivity contribution in [2.75, 3.05) is 0 Å². The Hall–Kier alpha value is -1.49. The maximum absolute atomic E-state index is 13.1. The molecule has 0 saturated heterocycles. The van der Waals surface area contributed by atoms with Gasteiger partial charge in [0.2, 0.25) is 5.91 Å². The van der Waals surface area contributed by atoms with Crippen LogP contribution in [0.15, 0.2) is 24.3 Å². The molecule has 1 aromatic carbocycles. The number of rotatable bonds is 6. The number of carbonyl (C=O) groups is 1. The lowest BCUT2D eigenvalue weighted by molar-refractivity contribution is -0.123. The van der Waals surface area contributed by atoms with Gasteiger partial charge in [-0.2, -0.15) is 0 Å². The van der Waals surface area contributed by atoms with Gasteiger partial charge in [0.1, 0.15) is 5.82 Å². The Morgan fingerprint density at radius 1 is 1.53 bits per heavy atom. The largest absolute Gasteiger partial charge is 0.393 e. The van der Waals surface area contributed by atoms with Crippen molar-refractivity contribution in [1.82, 2.24) is 5.32 Å². The third kappa shape index (κ3) is 4.59. The number of carbonyl (C=O) groups excluding carboxylic acids is 1. The van der Waals surface area contributed by atoms with Gasteiger partial charge in [0.05, 0.1) is 16.9 Å². The van der Waals surface area contributed by atoms with Crippen LogP contribution in [0.2, 0.25) is 0 Å². The van der Waals surface area contributed by atoms with Gasteiger partial charge < -0.3 is 11.1 Å². The molecule has 0 saturated carbocycles. The number of nitrogens with one attached hydrogen (secondary N) is 1. The van der Waals surface area contributed by atoms with Gasteiger partial charge in [-0.3, -0.25) is 4.79 Å². The number of halogens is 1. The predicted molar refractivity (Wildman–Crippen MR) is 78.1 cm³/mol. The molecule has 0 aliphatic rings. The van der Waals surface area contributed by atoms with Crippen molar-refractivity contribution in [3.05, 3.63) is 35.6 Å². The van der Waals surface area contributed by atoms with E-state index in [1.807, 2.05) is 6.92 Å². The van der Waals surface area contributed by atoms with Crippen molar-refractivity contribution >= 4 is 23.1 Å². The van der Waals surface area contributed by atoms with Crippen LogP contribution >= 0.6 is 12.2 Å². The van der Waals surface area contributed by atoms with E-state index in [-0.39, 0.29) is 22.8 Å². The summed E-state index contributed by atoms with van der Waals surface area (Å²) >= 11 is 4.91. The molecule has 0 aliphatic heterocycles. The molecule has 0 aromatic heterocycles. The van der Waals surface area contributed by atoms with Crippen molar-refractivity contribution in [2.24, 2.45) is 11.7 Å². The van der Waals surface area contributed by atoms with E-state index in [2.05, 4.69) is 5.32 Å². The molecule has 104 valence electrons. The highest BCUT2D eigenvalue weighted by molar-refractivity contribution is 7.80. The number of amides is 1. The highest BCUT2D eigenvalue weighted by Gasteiger charge is 2.22. The zero-order valence-electron chi connectivity index (χ0n) is 11.2. The van der Waals surface area contributed by atoms with Crippen LogP contribution in [0.25, 0.3) is 0 Å². The van der Waals surface area contributed by atoms with Crippen molar-refractivity contribution < 1.29 is 9.18 Å². The van der Waals surface area contributed by atoms with Gasteiger partial charge >= 0.3 is 0 Å². The van der Waals surface area contributed by atoms with Gasteiger partial charge in [0, 0.05) is 0 Å². The van der Waals surface area contributed by atoms with Gasteiger partial charge in [0.15, 0.2) is 0 Å². The molecular formula is C14H19FN2OS. The Labute approximate surface area is 118 Å². The third-order valence-electron chi connectivity index (χ3n) is 2.94. The van der Waals surface area contributed by atoms with E-state index in [9.17, 15) is 9.18 Å². The van der Waals surface area contributed by atoms with Crippen LogP contribution < -0.4 is 11.1 Å². The lowest BCUT2D eigenvalue weighted by Crippen LogP contribution is -2.39. The van der Waals surface area contributed by atoms with E-state index in [4.69, 9.17) is 18.0 Å². The average Bonchev–Trinajstić information content (AvgIpc) is 2.35. The maximum Gasteiger partial charge on any atom is 0.230 e. The molecule has 3 N–H and O–H groups in total. The van der Waals surface area contributed by atoms with Gasteiger partial charge in [-0.15, -0.1) is 0 Å². The summed E-state index contributed by atoms with van der Waals surface area (Å²) < 4.78 is 13.1. The maximum atomic E-state index is 13.1. The molecule has 0 radical (unpaired) electrons. The molecule has 1 rings (SSSR count). The topological polar surface area (TPSA) is 55.1 Å². The second kappa shape index (κ2) is 7.19. The first-order valence-electron chi connectivity index (χ1n) is 6.30. The summed E-state index contributed by atoms with van der Waals surface area (Å²) in [4.78, 5) is 12.3. The first-order chi connectivity index (χ1) is 8.95. The fourth-order valence-electron chi connectivity index (χ4n) is 1.86. The first-order valence-corrected chi connectivity index (χ1v) is 6.71. The van der Waals surface area contributed by atoms with E-state index in [1.54, 1.807) is 19.1 Å². The smallest absolute Gasteiger partial charge is 0.230 e. The first kappa shape index (κ1) is 15.6. The standard InChI is InChI=1S/C14H19FN2OS/c1-3-5-12(13(16)19)14(18)17-9(2)10-6-4-7-11(15)8-10/h4,6-9,12H,3,5H2,1-2H3,(H2,16,19)(H,17,18). The molecule has 1 amide bonds. The van der Waals surface area contributed by atoms with Crippen LogP contribution in [0.4, 0.5) is 4.39 Å². The minimum atomic E-state index is -0.462. The summed E-state index contributed by atoms with van der Waals surface area (Å²) in [6.45, 7) is 3.77. The van der Waals surface area contributed by atoms with Crippen LogP contribution in [0.3, 0.4) is 0 Å². The van der Waals surface area contributed by atoms with E-state index in [0.29, 0.717) is 12.0 Å². The molecule has 19 heavy (non-hydrogen) atoms. The zero-order chi connectivity index (χ0) is 14.4. The molecule has 2 unspecified atom stereocenters. The van der Waals surface area contributed by atoms with E-state index in [0.717, 1.165) is 6.42 Å². The fraction of sp³-hybridized carbons (Fsp3) is 0.429. The van der Waals surface area contributed by atoms with Crippen molar-refractivity contribution in [1.29, 1.82) is 0 Å². The highest BCUT2D eigenvalue weighted by atomic mass is 32.1. The monoisotopic (exact) mass is 282 g/mol. The summed E-state index contributed by atoms with van der Waals surface area (Å²) in [6, 6.07) is 5.87. The Morgan fingerprint density at radius 2 is 2.21 bits per heavy atom. The quantitative estimate of drug-likeness (QED) is 0.789.